The SMILES string of the molecule is COC(=O)C(C)(C)c1ccc(Nc2cc(Br)cn(C)c2=O)nc1. The van der Waals surface area contributed by atoms with Crippen molar-refractivity contribution in [2.75, 3.05) is 12.4 Å². The van der Waals surface area contributed by atoms with Gasteiger partial charge in [0.25, 0.3) is 5.56 Å². The summed E-state index contributed by atoms with van der Waals surface area (Å²) in [6, 6.07) is 5.20. The van der Waals surface area contributed by atoms with Gasteiger partial charge < -0.3 is 14.6 Å². The molecule has 1 N–H and O–H groups in total. The van der Waals surface area contributed by atoms with E-state index in [0.29, 0.717) is 11.5 Å². The number of hydrogen-bond acceptors (Lipinski definition) is 5. The van der Waals surface area contributed by atoms with E-state index in [9.17, 15) is 9.59 Å². The lowest BCUT2D eigenvalue weighted by molar-refractivity contribution is -0.146. The molecule has 0 fully saturated rings. The molecule has 2 aromatic rings. The molecule has 0 aromatic carbocycles. The van der Waals surface area contributed by atoms with Crippen LogP contribution in [0.25, 0.3) is 0 Å². The zero-order valence-electron chi connectivity index (χ0n) is 13.4. The lowest BCUT2D eigenvalue weighted by atomic mass is 9.86. The second-order valence-electron chi connectivity index (χ2n) is 5.66. The third-order valence-corrected chi connectivity index (χ3v) is 4.03. The number of rotatable bonds is 4. The fourth-order valence-corrected chi connectivity index (χ4v) is 2.64. The van der Waals surface area contributed by atoms with E-state index in [-0.39, 0.29) is 11.5 Å². The van der Waals surface area contributed by atoms with Gasteiger partial charge >= 0.3 is 5.97 Å². The van der Waals surface area contributed by atoms with E-state index in [1.165, 1.54) is 11.7 Å². The average molecular weight is 380 g/mol. The largest absolute Gasteiger partial charge is 0.468 e. The van der Waals surface area contributed by atoms with Crippen molar-refractivity contribution in [3.63, 3.8) is 0 Å². The van der Waals surface area contributed by atoms with E-state index in [1.54, 1.807) is 51.5 Å². The summed E-state index contributed by atoms with van der Waals surface area (Å²) in [6.45, 7) is 3.54. The molecule has 0 radical (unpaired) electrons. The summed E-state index contributed by atoms with van der Waals surface area (Å²) in [6.07, 6.45) is 3.28. The molecule has 2 aromatic heterocycles. The summed E-state index contributed by atoms with van der Waals surface area (Å²) in [5, 5.41) is 2.99. The van der Waals surface area contributed by atoms with Gasteiger partial charge in [0.05, 0.1) is 12.5 Å². The Labute approximate surface area is 142 Å². The molecule has 0 aliphatic carbocycles. The summed E-state index contributed by atoms with van der Waals surface area (Å²) in [5.41, 5.74) is 0.201. The molecule has 7 heteroatoms. The maximum Gasteiger partial charge on any atom is 0.315 e. The van der Waals surface area contributed by atoms with Crippen LogP contribution in [0.1, 0.15) is 19.4 Å². The van der Waals surface area contributed by atoms with Gasteiger partial charge in [0.1, 0.15) is 11.5 Å². The molecule has 2 heterocycles. The first kappa shape index (κ1) is 17.2. The number of anilines is 2. The van der Waals surface area contributed by atoms with Crippen molar-refractivity contribution in [3.05, 3.63) is 51.0 Å². The molecule has 23 heavy (non-hydrogen) atoms. The number of nitrogens with one attached hydrogen (secondary N) is 1. The number of carbonyl (C=O) groups is 1. The first-order chi connectivity index (χ1) is 10.8. The minimum atomic E-state index is -0.786. The number of nitrogens with zero attached hydrogens (tertiary/aromatic N) is 2. The summed E-state index contributed by atoms with van der Waals surface area (Å²) >= 11 is 3.35. The third-order valence-electron chi connectivity index (χ3n) is 3.59. The number of aromatic nitrogens is 2. The highest BCUT2D eigenvalue weighted by Gasteiger charge is 2.31. The van der Waals surface area contributed by atoms with Crippen LogP contribution in [0.2, 0.25) is 0 Å². The zero-order valence-corrected chi connectivity index (χ0v) is 15.0. The highest BCUT2D eigenvalue weighted by Crippen LogP contribution is 2.25. The van der Waals surface area contributed by atoms with E-state index < -0.39 is 5.41 Å². The molecule has 0 aliphatic heterocycles. The molecule has 0 amide bonds. The number of ether oxygens (including phenoxy) is 1. The third kappa shape index (κ3) is 3.61. The Morgan fingerprint density at radius 2 is 2.09 bits per heavy atom. The van der Waals surface area contributed by atoms with Crippen molar-refractivity contribution in [1.82, 2.24) is 9.55 Å². The van der Waals surface area contributed by atoms with Gasteiger partial charge in [-0.15, -0.1) is 0 Å². The summed E-state index contributed by atoms with van der Waals surface area (Å²) in [5.74, 6) is 0.186. The molecule has 0 saturated heterocycles. The molecule has 0 aliphatic rings. The minimum absolute atomic E-state index is 0.158. The number of carbonyl (C=O) groups excluding carboxylic acids is 1. The number of pyridine rings is 2. The van der Waals surface area contributed by atoms with Gasteiger partial charge in [0.15, 0.2) is 0 Å². The highest BCUT2D eigenvalue weighted by atomic mass is 79.9. The van der Waals surface area contributed by atoms with Crippen LogP contribution < -0.4 is 10.9 Å². The van der Waals surface area contributed by atoms with Crippen LogP contribution in [-0.4, -0.2) is 22.6 Å². The van der Waals surface area contributed by atoms with Crippen molar-refractivity contribution in [2.24, 2.45) is 7.05 Å². The lowest BCUT2D eigenvalue weighted by Gasteiger charge is -2.21. The Hall–Kier alpha value is -2.15. The highest BCUT2D eigenvalue weighted by molar-refractivity contribution is 9.10. The molecular formula is C16H18BrN3O3. The fraction of sp³-hybridized carbons (Fsp3) is 0.312. The second kappa shape index (κ2) is 6.54. The normalized spacial score (nSPS) is 11.2. The van der Waals surface area contributed by atoms with Gasteiger partial charge in [0.2, 0.25) is 0 Å². The number of hydrogen-bond donors (Lipinski definition) is 1. The van der Waals surface area contributed by atoms with Gasteiger partial charge in [-0.3, -0.25) is 9.59 Å². The topological polar surface area (TPSA) is 73.2 Å². The van der Waals surface area contributed by atoms with E-state index in [0.717, 1.165) is 10.0 Å². The van der Waals surface area contributed by atoms with E-state index in [2.05, 4.69) is 26.2 Å². The predicted octanol–water partition coefficient (Wildman–Crippen LogP) is 2.74. The lowest BCUT2D eigenvalue weighted by Crippen LogP contribution is -2.30. The summed E-state index contributed by atoms with van der Waals surface area (Å²) < 4.78 is 7.06. The Morgan fingerprint density at radius 3 is 2.65 bits per heavy atom. The number of aryl methyl sites for hydroxylation is 1. The zero-order chi connectivity index (χ0) is 17.2. The van der Waals surface area contributed by atoms with Crippen LogP contribution in [0.3, 0.4) is 0 Å². The van der Waals surface area contributed by atoms with Crippen LogP contribution >= 0.6 is 15.9 Å². The first-order valence-electron chi connectivity index (χ1n) is 6.94. The molecule has 0 spiro atoms. The van der Waals surface area contributed by atoms with Gasteiger partial charge in [-0.05, 0) is 47.5 Å². The molecule has 0 unspecified atom stereocenters. The second-order valence-corrected chi connectivity index (χ2v) is 6.58. The van der Waals surface area contributed by atoms with Gasteiger partial charge in [0, 0.05) is 23.9 Å². The summed E-state index contributed by atoms with van der Waals surface area (Å²) in [4.78, 5) is 28.2. The molecule has 2 rings (SSSR count). The predicted molar refractivity (Wildman–Crippen MR) is 91.9 cm³/mol. The Morgan fingerprint density at radius 1 is 1.39 bits per heavy atom. The number of esters is 1. The first-order valence-corrected chi connectivity index (χ1v) is 7.73. The van der Waals surface area contributed by atoms with Gasteiger partial charge in [-0.25, -0.2) is 4.98 Å². The fourth-order valence-electron chi connectivity index (χ4n) is 2.11. The van der Waals surface area contributed by atoms with Crippen LogP contribution in [0.15, 0.2) is 39.9 Å². The number of methoxy groups -OCH3 is 1. The quantitative estimate of drug-likeness (QED) is 0.826. The van der Waals surface area contributed by atoms with Crippen LogP contribution in [0.4, 0.5) is 11.5 Å². The molecular weight excluding hydrogens is 362 g/mol. The average Bonchev–Trinajstić information content (AvgIpc) is 2.51. The van der Waals surface area contributed by atoms with Crippen molar-refractivity contribution < 1.29 is 9.53 Å². The van der Waals surface area contributed by atoms with Gasteiger partial charge in [-0.2, -0.15) is 0 Å². The molecule has 0 atom stereocenters. The standard InChI is InChI=1S/C16H18BrN3O3/c1-16(2,15(22)23-4)10-5-6-13(18-8-10)19-12-7-11(17)9-20(3)14(12)21/h5-9H,1-4H3,(H,18,19). The van der Waals surface area contributed by atoms with E-state index in [4.69, 9.17) is 4.74 Å². The van der Waals surface area contributed by atoms with Crippen molar-refractivity contribution >= 4 is 33.4 Å². The molecule has 122 valence electrons. The monoisotopic (exact) mass is 379 g/mol. The minimum Gasteiger partial charge on any atom is -0.468 e. The van der Waals surface area contributed by atoms with E-state index >= 15 is 0 Å². The van der Waals surface area contributed by atoms with Crippen LogP contribution in [0.5, 0.6) is 0 Å². The molecule has 0 saturated carbocycles. The Balaban J connectivity index is 2.28. The Kier molecular flexibility index (Phi) is 4.89. The number of halogens is 1. The maximum absolute atomic E-state index is 12.1. The van der Waals surface area contributed by atoms with Crippen molar-refractivity contribution in [1.29, 1.82) is 0 Å². The van der Waals surface area contributed by atoms with Crippen LogP contribution in [0, 0.1) is 0 Å². The van der Waals surface area contributed by atoms with Crippen molar-refractivity contribution in [3.8, 4) is 0 Å². The molecule has 6 nitrogen and oxygen atoms in total. The van der Waals surface area contributed by atoms with Crippen molar-refractivity contribution in [2.45, 2.75) is 19.3 Å². The van der Waals surface area contributed by atoms with E-state index in [1.807, 2.05) is 0 Å². The van der Waals surface area contributed by atoms with Gasteiger partial charge in [-0.1, -0.05) is 6.07 Å². The maximum atomic E-state index is 12.1. The summed E-state index contributed by atoms with van der Waals surface area (Å²) in [7, 11) is 3.03. The molecule has 0 bridgehead atoms. The smallest absolute Gasteiger partial charge is 0.315 e. The van der Waals surface area contributed by atoms with Crippen LogP contribution in [-0.2, 0) is 22.0 Å². The Bertz CT molecular complexity index is 782.